The van der Waals surface area contributed by atoms with Gasteiger partial charge in [-0.15, -0.1) is 0 Å². The fraction of sp³-hybridized carbons (Fsp3) is 0.143. The molecule has 0 heterocycles. The van der Waals surface area contributed by atoms with Gasteiger partial charge in [0, 0.05) is 8.59 Å². The van der Waals surface area contributed by atoms with Crippen molar-refractivity contribution in [3.63, 3.8) is 0 Å². The highest BCUT2D eigenvalue weighted by Crippen LogP contribution is 2.13. The van der Waals surface area contributed by atoms with Crippen LogP contribution in [0.15, 0.2) is 48.5 Å². The van der Waals surface area contributed by atoms with Crippen molar-refractivity contribution in [3.05, 3.63) is 68.3 Å². The van der Waals surface area contributed by atoms with Gasteiger partial charge in [0.1, 0.15) is 0 Å². The Morgan fingerprint density at radius 3 is 2.35 bits per heavy atom. The first-order chi connectivity index (χ1) is 8.24. The van der Waals surface area contributed by atoms with Gasteiger partial charge in [-0.05, 0) is 58.0 Å². The first-order valence-corrected chi connectivity index (χ1v) is 6.76. The standard InChI is InChI=1S/C14H12ClIO/c15-13-3-1-2-12(8-13)10-17-9-11-4-6-14(16)7-5-11/h1-8H,9-10H2. The number of rotatable bonds is 4. The molecule has 17 heavy (non-hydrogen) atoms. The molecule has 1 nitrogen and oxygen atoms in total. The molecule has 0 bridgehead atoms. The Hall–Kier alpha value is -0.580. The van der Waals surface area contributed by atoms with E-state index in [1.165, 1.54) is 9.13 Å². The van der Waals surface area contributed by atoms with Crippen molar-refractivity contribution in [2.24, 2.45) is 0 Å². The Bertz CT molecular complexity index is 482. The fourth-order valence-corrected chi connectivity index (χ4v) is 2.07. The lowest BCUT2D eigenvalue weighted by atomic mass is 10.2. The van der Waals surface area contributed by atoms with Crippen LogP contribution in [0.1, 0.15) is 11.1 Å². The molecule has 0 amide bonds. The SMILES string of the molecule is Clc1cccc(COCc2ccc(I)cc2)c1. The van der Waals surface area contributed by atoms with E-state index in [9.17, 15) is 0 Å². The van der Waals surface area contributed by atoms with Crippen LogP contribution in [0.5, 0.6) is 0 Å². The lowest BCUT2D eigenvalue weighted by Gasteiger charge is -2.05. The van der Waals surface area contributed by atoms with Crippen LogP contribution in [-0.4, -0.2) is 0 Å². The summed E-state index contributed by atoms with van der Waals surface area (Å²) < 4.78 is 6.88. The van der Waals surface area contributed by atoms with Crippen LogP contribution >= 0.6 is 34.2 Å². The minimum atomic E-state index is 0.590. The van der Waals surface area contributed by atoms with Gasteiger partial charge in [0.2, 0.25) is 0 Å². The molecule has 88 valence electrons. The van der Waals surface area contributed by atoms with Crippen LogP contribution in [0.25, 0.3) is 0 Å². The van der Waals surface area contributed by atoms with Gasteiger partial charge in [-0.25, -0.2) is 0 Å². The molecular formula is C14H12ClIO. The summed E-state index contributed by atoms with van der Waals surface area (Å²) in [6.45, 7) is 1.22. The summed E-state index contributed by atoms with van der Waals surface area (Å²) in [6.07, 6.45) is 0. The summed E-state index contributed by atoms with van der Waals surface area (Å²) in [4.78, 5) is 0. The van der Waals surface area contributed by atoms with Crippen molar-refractivity contribution in [2.45, 2.75) is 13.2 Å². The third-order valence-corrected chi connectivity index (χ3v) is 3.29. The average Bonchev–Trinajstić information content (AvgIpc) is 2.32. The average molecular weight is 359 g/mol. The first kappa shape index (κ1) is 12.9. The number of hydrogen-bond donors (Lipinski definition) is 0. The van der Waals surface area contributed by atoms with Crippen LogP contribution in [0, 0.1) is 3.57 Å². The second-order valence-corrected chi connectivity index (χ2v) is 5.43. The zero-order valence-electron chi connectivity index (χ0n) is 9.20. The normalized spacial score (nSPS) is 10.5. The summed E-state index contributed by atoms with van der Waals surface area (Å²) in [6, 6.07) is 16.1. The van der Waals surface area contributed by atoms with Crippen LogP contribution in [-0.2, 0) is 18.0 Å². The predicted molar refractivity (Wildman–Crippen MR) is 79.1 cm³/mol. The van der Waals surface area contributed by atoms with Crippen LogP contribution in [0.3, 0.4) is 0 Å². The maximum absolute atomic E-state index is 5.90. The summed E-state index contributed by atoms with van der Waals surface area (Å²) in [5.41, 5.74) is 2.29. The number of benzene rings is 2. The van der Waals surface area contributed by atoms with Crippen molar-refractivity contribution in [2.75, 3.05) is 0 Å². The van der Waals surface area contributed by atoms with E-state index in [0.717, 1.165) is 10.6 Å². The first-order valence-electron chi connectivity index (χ1n) is 5.31. The molecule has 0 aliphatic carbocycles. The summed E-state index contributed by atoms with van der Waals surface area (Å²) >= 11 is 8.19. The van der Waals surface area contributed by atoms with E-state index in [4.69, 9.17) is 16.3 Å². The molecule has 2 aromatic rings. The largest absolute Gasteiger partial charge is 0.372 e. The van der Waals surface area contributed by atoms with E-state index >= 15 is 0 Å². The second-order valence-electron chi connectivity index (χ2n) is 3.75. The fourth-order valence-electron chi connectivity index (χ4n) is 1.49. The highest BCUT2D eigenvalue weighted by Gasteiger charge is 1.96. The number of hydrogen-bond acceptors (Lipinski definition) is 1. The van der Waals surface area contributed by atoms with Gasteiger partial charge in [0.05, 0.1) is 13.2 Å². The highest BCUT2D eigenvalue weighted by molar-refractivity contribution is 14.1. The smallest absolute Gasteiger partial charge is 0.0721 e. The van der Waals surface area contributed by atoms with Gasteiger partial charge < -0.3 is 4.74 Å². The van der Waals surface area contributed by atoms with Gasteiger partial charge in [-0.3, -0.25) is 0 Å². The molecule has 0 aliphatic rings. The van der Waals surface area contributed by atoms with Gasteiger partial charge in [-0.2, -0.15) is 0 Å². The predicted octanol–water partition coefficient (Wildman–Crippen LogP) is 4.66. The zero-order chi connectivity index (χ0) is 12.1. The van der Waals surface area contributed by atoms with E-state index in [-0.39, 0.29) is 0 Å². The minimum Gasteiger partial charge on any atom is -0.372 e. The lowest BCUT2D eigenvalue weighted by molar-refractivity contribution is 0.107. The summed E-state index contributed by atoms with van der Waals surface area (Å²) in [5.74, 6) is 0. The monoisotopic (exact) mass is 358 g/mol. The minimum absolute atomic E-state index is 0.590. The van der Waals surface area contributed by atoms with Crippen molar-refractivity contribution in [3.8, 4) is 0 Å². The van der Waals surface area contributed by atoms with E-state index in [1.807, 2.05) is 24.3 Å². The molecule has 2 rings (SSSR count). The van der Waals surface area contributed by atoms with Gasteiger partial charge in [-0.1, -0.05) is 35.9 Å². The van der Waals surface area contributed by atoms with Gasteiger partial charge >= 0.3 is 0 Å². The van der Waals surface area contributed by atoms with Crippen LogP contribution in [0.2, 0.25) is 5.02 Å². The summed E-state index contributed by atoms with van der Waals surface area (Å²) in [7, 11) is 0. The van der Waals surface area contributed by atoms with Crippen LogP contribution < -0.4 is 0 Å². The Labute approximate surface area is 120 Å². The zero-order valence-corrected chi connectivity index (χ0v) is 12.1. The van der Waals surface area contributed by atoms with E-state index in [0.29, 0.717) is 13.2 Å². The van der Waals surface area contributed by atoms with E-state index in [1.54, 1.807) is 0 Å². The Morgan fingerprint density at radius 2 is 1.65 bits per heavy atom. The molecule has 0 aromatic heterocycles. The number of ether oxygens (including phenoxy) is 1. The highest BCUT2D eigenvalue weighted by atomic mass is 127. The van der Waals surface area contributed by atoms with E-state index < -0.39 is 0 Å². The Balaban J connectivity index is 1.85. The molecule has 0 radical (unpaired) electrons. The van der Waals surface area contributed by atoms with Crippen LogP contribution in [0.4, 0.5) is 0 Å². The van der Waals surface area contributed by atoms with Gasteiger partial charge in [0.25, 0.3) is 0 Å². The molecule has 0 aliphatic heterocycles. The van der Waals surface area contributed by atoms with Crippen molar-refractivity contribution < 1.29 is 4.74 Å². The lowest BCUT2D eigenvalue weighted by Crippen LogP contribution is -1.94. The maximum atomic E-state index is 5.90. The molecule has 0 fully saturated rings. The quantitative estimate of drug-likeness (QED) is 0.722. The topological polar surface area (TPSA) is 9.23 Å². The molecule has 0 spiro atoms. The third kappa shape index (κ3) is 4.30. The van der Waals surface area contributed by atoms with Gasteiger partial charge in [0.15, 0.2) is 0 Å². The molecule has 0 atom stereocenters. The van der Waals surface area contributed by atoms with Crippen molar-refractivity contribution in [1.82, 2.24) is 0 Å². The Morgan fingerprint density at radius 1 is 0.941 bits per heavy atom. The molecule has 0 saturated heterocycles. The number of halogens is 2. The molecule has 0 saturated carbocycles. The molecule has 0 N–H and O–H groups in total. The molecule has 0 unspecified atom stereocenters. The summed E-state index contributed by atoms with van der Waals surface area (Å²) in [5, 5.41) is 0.750. The third-order valence-electron chi connectivity index (χ3n) is 2.34. The van der Waals surface area contributed by atoms with Crippen molar-refractivity contribution in [1.29, 1.82) is 0 Å². The second kappa shape index (κ2) is 6.38. The molecular weight excluding hydrogens is 347 g/mol. The molecule has 2 aromatic carbocycles. The maximum Gasteiger partial charge on any atom is 0.0721 e. The Kier molecular flexibility index (Phi) is 4.83. The van der Waals surface area contributed by atoms with E-state index in [2.05, 4.69) is 46.9 Å². The van der Waals surface area contributed by atoms with Crippen molar-refractivity contribution >= 4 is 34.2 Å². The molecule has 3 heteroatoms.